The Kier molecular flexibility index (Phi) is 7.49. The van der Waals surface area contributed by atoms with Crippen LogP contribution in [0.25, 0.3) is 0 Å². The Morgan fingerprint density at radius 3 is 2.30 bits per heavy atom. The molecule has 1 fully saturated rings. The van der Waals surface area contributed by atoms with Crippen LogP contribution < -0.4 is 16.0 Å². The summed E-state index contributed by atoms with van der Waals surface area (Å²) >= 11 is 13.0. The van der Waals surface area contributed by atoms with E-state index in [0.29, 0.717) is 45.8 Å². The number of halogens is 3. The molecule has 0 unspecified atom stereocenters. The van der Waals surface area contributed by atoms with Crippen molar-refractivity contribution < 1.29 is 14.7 Å². The molecule has 1 heterocycles. The van der Waals surface area contributed by atoms with Gasteiger partial charge < -0.3 is 26.0 Å². The van der Waals surface area contributed by atoms with Crippen LogP contribution in [0.4, 0.5) is 16.2 Å². The Balaban J connectivity index is 1.61. The van der Waals surface area contributed by atoms with Crippen molar-refractivity contribution in [2.75, 3.05) is 36.8 Å². The minimum absolute atomic E-state index is 0.137. The van der Waals surface area contributed by atoms with Gasteiger partial charge in [-0.2, -0.15) is 0 Å². The molecule has 0 spiro atoms. The van der Waals surface area contributed by atoms with Gasteiger partial charge in [0.15, 0.2) is 0 Å². The second-order valence-electron chi connectivity index (χ2n) is 6.94. The maximum Gasteiger partial charge on any atom is 0.326 e. The molecule has 0 bridgehead atoms. The number of amides is 2. The summed E-state index contributed by atoms with van der Waals surface area (Å²) in [4.78, 5) is 28.1. The third-order valence-corrected chi connectivity index (χ3v) is 6.57. The number of nitrogens with zero attached hydrogens (tertiary/aromatic N) is 2. The van der Waals surface area contributed by atoms with Gasteiger partial charge in [-0.15, -0.1) is 0 Å². The van der Waals surface area contributed by atoms with Crippen molar-refractivity contribution >= 4 is 66.8 Å². The molecule has 30 heavy (non-hydrogen) atoms. The van der Waals surface area contributed by atoms with Crippen molar-refractivity contribution in [2.24, 2.45) is 0 Å². The molecule has 1 saturated heterocycles. The summed E-state index contributed by atoms with van der Waals surface area (Å²) in [5.74, 6) is -1.10. The van der Waals surface area contributed by atoms with E-state index >= 15 is 0 Å². The summed E-state index contributed by atoms with van der Waals surface area (Å²) in [7, 11) is 0. The molecular weight excluding hydrogens is 540 g/mol. The number of nitrogens with one attached hydrogen (secondary N) is 1. The van der Waals surface area contributed by atoms with Crippen LogP contribution in [0.15, 0.2) is 45.3 Å². The predicted molar refractivity (Wildman–Crippen MR) is 125 cm³/mol. The minimum Gasteiger partial charge on any atom is -0.480 e. The van der Waals surface area contributed by atoms with E-state index in [2.05, 4.69) is 42.1 Å². The summed E-state index contributed by atoms with van der Waals surface area (Å²) in [6.07, 6.45) is 0.137. The van der Waals surface area contributed by atoms with E-state index in [1.54, 1.807) is 17.0 Å². The van der Waals surface area contributed by atoms with E-state index in [4.69, 9.17) is 17.3 Å². The van der Waals surface area contributed by atoms with Gasteiger partial charge in [0.2, 0.25) is 0 Å². The highest BCUT2D eigenvalue weighted by atomic mass is 79.9. The number of aliphatic carboxylic acids is 1. The quantitative estimate of drug-likeness (QED) is 0.481. The van der Waals surface area contributed by atoms with Crippen LogP contribution in [0, 0.1) is 0 Å². The molecule has 0 radical (unpaired) electrons. The van der Waals surface area contributed by atoms with E-state index < -0.39 is 18.0 Å². The summed E-state index contributed by atoms with van der Waals surface area (Å²) in [6, 6.07) is 9.64. The van der Waals surface area contributed by atoms with Gasteiger partial charge >= 0.3 is 12.0 Å². The third kappa shape index (κ3) is 5.39. The van der Waals surface area contributed by atoms with E-state index in [9.17, 15) is 14.7 Å². The lowest BCUT2D eigenvalue weighted by Gasteiger charge is -2.36. The predicted octanol–water partition coefficient (Wildman–Crippen LogP) is 3.97. The first-order valence-corrected chi connectivity index (χ1v) is 11.2. The number of carboxylic acid groups (broad SMARTS) is 1. The van der Waals surface area contributed by atoms with Gasteiger partial charge in [0.05, 0.1) is 16.4 Å². The minimum atomic E-state index is -1.10. The van der Waals surface area contributed by atoms with E-state index in [0.717, 1.165) is 11.3 Å². The molecule has 2 aromatic rings. The smallest absolute Gasteiger partial charge is 0.326 e. The molecule has 10 heteroatoms. The number of anilines is 2. The number of piperazine rings is 1. The fourth-order valence-electron chi connectivity index (χ4n) is 3.29. The highest BCUT2D eigenvalue weighted by Gasteiger charge is 2.27. The monoisotopic (exact) mass is 558 g/mol. The Bertz CT molecular complexity index is 928. The van der Waals surface area contributed by atoms with Crippen molar-refractivity contribution in [3.8, 4) is 0 Å². The lowest BCUT2D eigenvalue weighted by Crippen LogP contribution is -2.55. The second kappa shape index (κ2) is 9.89. The second-order valence-corrected chi connectivity index (χ2v) is 9.06. The number of para-hydroxylation sites is 1. The molecule has 3 rings (SSSR count). The Morgan fingerprint density at radius 1 is 1.13 bits per heavy atom. The van der Waals surface area contributed by atoms with Crippen LogP contribution in [-0.2, 0) is 11.2 Å². The molecule has 160 valence electrons. The third-order valence-electron chi connectivity index (χ3n) is 4.93. The molecule has 4 N–H and O–H groups in total. The Labute approximate surface area is 196 Å². The van der Waals surface area contributed by atoms with Gasteiger partial charge in [0.25, 0.3) is 0 Å². The number of carbonyl (C=O) groups is 2. The fraction of sp³-hybridized carbons (Fsp3) is 0.300. The first-order valence-electron chi connectivity index (χ1n) is 9.27. The summed E-state index contributed by atoms with van der Waals surface area (Å²) in [5, 5.41) is 12.9. The zero-order chi connectivity index (χ0) is 21.8. The average molecular weight is 561 g/mol. The molecule has 7 nitrogen and oxygen atoms in total. The fourth-order valence-corrected chi connectivity index (χ4v) is 4.83. The molecule has 2 aromatic carbocycles. The van der Waals surface area contributed by atoms with Crippen molar-refractivity contribution in [1.29, 1.82) is 0 Å². The number of carboxylic acids is 1. The largest absolute Gasteiger partial charge is 0.480 e. The number of hydrogen-bond acceptors (Lipinski definition) is 4. The van der Waals surface area contributed by atoms with Crippen LogP contribution in [-0.4, -0.2) is 54.2 Å². The van der Waals surface area contributed by atoms with Crippen LogP contribution >= 0.6 is 43.5 Å². The van der Waals surface area contributed by atoms with Crippen LogP contribution in [0.5, 0.6) is 0 Å². The van der Waals surface area contributed by atoms with Crippen molar-refractivity contribution in [1.82, 2.24) is 10.2 Å². The van der Waals surface area contributed by atoms with Crippen LogP contribution in [0.3, 0.4) is 0 Å². The zero-order valence-corrected chi connectivity index (χ0v) is 19.9. The molecule has 0 aromatic heterocycles. The number of rotatable bonds is 5. The first kappa shape index (κ1) is 22.7. The zero-order valence-electron chi connectivity index (χ0n) is 15.9. The van der Waals surface area contributed by atoms with E-state index in [-0.39, 0.29) is 6.42 Å². The first-order chi connectivity index (χ1) is 14.3. The lowest BCUT2D eigenvalue weighted by atomic mass is 10.1. The van der Waals surface area contributed by atoms with E-state index in [1.165, 1.54) is 0 Å². The maximum atomic E-state index is 12.7. The normalized spacial score (nSPS) is 15.0. The Hall–Kier alpha value is -1.97. The molecule has 1 aliphatic rings. The summed E-state index contributed by atoms with van der Waals surface area (Å²) < 4.78 is 1.33. The van der Waals surface area contributed by atoms with Crippen LogP contribution in [0.2, 0.25) is 5.02 Å². The van der Waals surface area contributed by atoms with Gasteiger partial charge in [0, 0.05) is 41.5 Å². The van der Waals surface area contributed by atoms with Gasteiger partial charge in [-0.25, -0.2) is 9.59 Å². The maximum absolute atomic E-state index is 12.7. The highest BCUT2D eigenvalue weighted by molar-refractivity contribution is 9.11. The average Bonchev–Trinajstić information content (AvgIpc) is 2.72. The number of hydrogen-bond donors (Lipinski definition) is 3. The molecule has 2 amide bonds. The van der Waals surface area contributed by atoms with Gasteiger partial charge in [0.1, 0.15) is 6.04 Å². The molecular formula is C20H21Br2ClN4O3. The molecule has 1 aliphatic heterocycles. The van der Waals surface area contributed by atoms with Gasteiger partial charge in [-0.3, -0.25) is 0 Å². The van der Waals surface area contributed by atoms with E-state index in [1.807, 2.05) is 24.3 Å². The Morgan fingerprint density at radius 2 is 1.73 bits per heavy atom. The van der Waals surface area contributed by atoms with Crippen molar-refractivity contribution in [2.45, 2.75) is 12.5 Å². The number of urea groups is 1. The summed E-state index contributed by atoms with van der Waals surface area (Å²) in [5.41, 5.74) is 8.08. The topological polar surface area (TPSA) is 98.9 Å². The van der Waals surface area contributed by atoms with Crippen molar-refractivity contribution in [3.05, 3.63) is 55.9 Å². The number of nitrogen functional groups attached to an aromatic ring is 1. The lowest BCUT2D eigenvalue weighted by molar-refractivity contribution is -0.139. The summed E-state index contributed by atoms with van der Waals surface area (Å²) in [6.45, 7) is 2.18. The molecule has 0 saturated carbocycles. The van der Waals surface area contributed by atoms with Gasteiger partial charge in [-0.05, 0) is 61.7 Å². The standard InChI is InChI=1S/C20H21Br2ClN4O3/c21-13-9-12(10-14(22)18(13)24)11-16(19(28)29)25-20(30)27-7-5-26(6-8-27)17-4-2-1-3-15(17)23/h1-4,9-10,16H,5-8,11,24H2,(H,25,30)(H,28,29)/t16-/m0/s1. The van der Waals surface area contributed by atoms with Gasteiger partial charge in [-0.1, -0.05) is 23.7 Å². The van der Waals surface area contributed by atoms with Crippen LogP contribution in [0.1, 0.15) is 5.56 Å². The number of benzene rings is 2. The number of nitrogens with two attached hydrogens (primary N) is 1. The number of carbonyl (C=O) groups excluding carboxylic acids is 1. The highest BCUT2D eigenvalue weighted by Crippen LogP contribution is 2.30. The van der Waals surface area contributed by atoms with Crippen molar-refractivity contribution in [3.63, 3.8) is 0 Å². The molecule has 1 atom stereocenters. The SMILES string of the molecule is Nc1c(Br)cc(C[C@H](NC(=O)N2CCN(c3ccccc3Cl)CC2)C(=O)O)cc1Br. The molecule has 0 aliphatic carbocycles.